The molecular formula is C19H24FNO3. The third kappa shape index (κ3) is 4.41. The summed E-state index contributed by atoms with van der Waals surface area (Å²) < 4.78 is 24.5. The lowest BCUT2D eigenvalue weighted by atomic mass is 9.84. The van der Waals surface area contributed by atoms with E-state index in [1.807, 2.05) is 6.92 Å². The van der Waals surface area contributed by atoms with E-state index in [9.17, 15) is 9.18 Å². The third-order valence-corrected chi connectivity index (χ3v) is 4.51. The summed E-state index contributed by atoms with van der Waals surface area (Å²) in [7, 11) is 1.39. The molecule has 130 valence electrons. The molecule has 2 rings (SSSR count). The first-order chi connectivity index (χ1) is 11.6. The average molecular weight is 333 g/mol. The molecule has 1 fully saturated rings. The molecule has 1 aromatic rings. The number of benzene rings is 1. The highest BCUT2D eigenvalue weighted by molar-refractivity contribution is 5.95. The minimum Gasteiger partial charge on any atom is -0.493 e. The monoisotopic (exact) mass is 333 g/mol. The van der Waals surface area contributed by atoms with Gasteiger partial charge in [-0.1, -0.05) is 25.2 Å². The van der Waals surface area contributed by atoms with E-state index in [0.29, 0.717) is 5.92 Å². The van der Waals surface area contributed by atoms with Gasteiger partial charge in [0, 0.05) is 11.6 Å². The molecule has 0 heterocycles. The van der Waals surface area contributed by atoms with Crippen LogP contribution in [0.1, 0.15) is 49.4 Å². The van der Waals surface area contributed by atoms with Crippen molar-refractivity contribution in [3.8, 4) is 23.8 Å². The van der Waals surface area contributed by atoms with Gasteiger partial charge in [-0.15, -0.1) is 6.42 Å². The lowest BCUT2D eigenvalue weighted by Crippen LogP contribution is -2.38. The predicted octanol–water partition coefficient (Wildman–Crippen LogP) is 3.54. The molecule has 0 aliphatic heterocycles. The number of rotatable bonds is 6. The highest BCUT2D eigenvalue weighted by atomic mass is 19.1. The van der Waals surface area contributed by atoms with Gasteiger partial charge in [0.25, 0.3) is 5.91 Å². The Morgan fingerprint density at radius 3 is 2.75 bits per heavy atom. The van der Waals surface area contributed by atoms with Crippen LogP contribution in [0.5, 0.6) is 11.5 Å². The molecule has 1 aliphatic rings. The number of nitrogens with one attached hydrogen (secondary N) is 1. The lowest BCUT2D eigenvalue weighted by Gasteiger charge is -2.28. The lowest BCUT2D eigenvalue weighted by molar-refractivity contribution is 0.0918. The van der Waals surface area contributed by atoms with Gasteiger partial charge in [0.1, 0.15) is 6.61 Å². The second-order valence-electron chi connectivity index (χ2n) is 6.14. The number of carbonyl (C=O) groups is 1. The number of hydrogen-bond acceptors (Lipinski definition) is 3. The van der Waals surface area contributed by atoms with Crippen molar-refractivity contribution in [3.05, 3.63) is 23.5 Å². The maximum Gasteiger partial charge on any atom is 0.251 e. The zero-order valence-electron chi connectivity index (χ0n) is 14.2. The van der Waals surface area contributed by atoms with E-state index in [1.54, 1.807) is 0 Å². The van der Waals surface area contributed by atoms with E-state index >= 15 is 0 Å². The maximum absolute atomic E-state index is 14.2. The quantitative estimate of drug-likeness (QED) is 0.810. The maximum atomic E-state index is 14.2. The van der Waals surface area contributed by atoms with Gasteiger partial charge in [0.2, 0.25) is 0 Å². The first-order valence-electron chi connectivity index (χ1n) is 8.31. The Labute approximate surface area is 142 Å². The van der Waals surface area contributed by atoms with Crippen LogP contribution in [0.15, 0.2) is 12.1 Å². The number of hydrogen-bond donors (Lipinski definition) is 1. The molecule has 24 heavy (non-hydrogen) atoms. The summed E-state index contributed by atoms with van der Waals surface area (Å²) in [5.41, 5.74) is 0.208. The number of ether oxygens (including phenoxy) is 2. The molecule has 1 aliphatic carbocycles. The molecule has 1 aromatic carbocycles. The molecule has 0 radical (unpaired) electrons. The Bertz CT molecular complexity index is 618. The van der Waals surface area contributed by atoms with E-state index in [4.69, 9.17) is 15.9 Å². The summed E-state index contributed by atoms with van der Waals surface area (Å²) in [5, 5.41) is 2.97. The second-order valence-corrected chi connectivity index (χ2v) is 6.14. The highest BCUT2D eigenvalue weighted by Gasteiger charge is 2.23. The molecule has 5 heteroatoms. The summed E-state index contributed by atoms with van der Waals surface area (Å²) in [5.74, 6) is 1.85. The topological polar surface area (TPSA) is 47.6 Å². The Morgan fingerprint density at radius 2 is 2.12 bits per heavy atom. The molecule has 4 nitrogen and oxygen atoms in total. The van der Waals surface area contributed by atoms with Gasteiger partial charge in [-0.25, -0.2) is 4.39 Å². The fourth-order valence-electron chi connectivity index (χ4n) is 3.15. The van der Waals surface area contributed by atoms with Crippen LogP contribution in [0, 0.1) is 24.1 Å². The van der Waals surface area contributed by atoms with Crippen LogP contribution in [0.25, 0.3) is 0 Å². The molecular weight excluding hydrogens is 309 g/mol. The van der Waals surface area contributed by atoms with Crippen molar-refractivity contribution in [2.24, 2.45) is 5.92 Å². The van der Waals surface area contributed by atoms with Gasteiger partial charge in [0.15, 0.2) is 17.3 Å². The van der Waals surface area contributed by atoms with E-state index in [0.717, 1.165) is 18.9 Å². The first-order valence-corrected chi connectivity index (χ1v) is 8.31. The van der Waals surface area contributed by atoms with Crippen molar-refractivity contribution in [2.75, 3.05) is 13.7 Å². The van der Waals surface area contributed by atoms with Gasteiger partial charge < -0.3 is 14.8 Å². The van der Waals surface area contributed by atoms with E-state index in [1.165, 1.54) is 32.4 Å². The summed E-state index contributed by atoms with van der Waals surface area (Å²) in [6.07, 6.45) is 11.0. The van der Waals surface area contributed by atoms with Gasteiger partial charge in [-0.05, 0) is 37.8 Å². The second kappa shape index (κ2) is 8.58. The molecule has 0 unspecified atom stereocenters. The zero-order valence-corrected chi connectivity index (χ0v) is 14.2. The molecule has 1 saturated carbocycles. The summed E-state index contributed by atoms with van der Waals surface area (Å²) in [6, 6.07) is 2.68. The number of terminal acetylenes is 1. The van der Waals surface area contributed by atoms with E-state index in [2.05, 4.69) is 11.2 Å². The fourth-order valence-corrected chi connectivity index (χ4v) is 3.15. The van der Waals surface area contributed by atoms with Crippen molar-refractivity contribution in [1.29, 1.82) is 0 Å². The Hall–Kier alpha value is -2.22. The van der Waals surface area contributed by atoms with Crippen LogP contribution in [0.3, 0.4) is 0 Å². The van der Waals surface area contributed by atoms with Gasteiger partial charge in [-0.2, -0.15) is 0 Å². The first kappa shape index (κ1) is 18.1. The highest BCUT2D eigenvalue weighted by Crippen LogP contribution is 2.32. The summed E-state index contributed by atoms with van der Waals surface area (Å²) in [6.45, 7) is 1.93. The van der Waals surface area contributed by atoms with Gasteiger partial charge in [0.05, 0.1) is 7.11 Å². The molecule has 0 bridgehead atoms. The standard InChI is InChI=1S/C19H24FNO3/c1-4-10-24-18-16(20)11-15(12-17(18)23-3)19(22)21-13(2)14-8-6-5-7-9-14/h1,11-14H,5-10H2,2-3H3,(H,21,22)/t13-/m0/s1. The number of halogens is 1. The van der Waals surface area contributed by atoms with Crippen molar-refractivity contribution in [1.82, 2.24) is 5.32 Å². The molecule has 0 spiro atoms. The molecule has 0 saturated heterocycles. The molecule has 1 atom stereocenters. The minimum absolute atomic E-state index is 0.0595. The van der Waals surface area contributed by atoms with Crippen LogP contribution < -0.4 is 14.8 Å². The fraction of sp³-hybridized carbons (Fsp3) is 0.526. The van der Waals surface area contributed by atoms with Crippen LogP contribution in [-0.4, -0.2) is 25.7 Å². The molecule has 1 N–H and O–H groups in total. The van der Waals surface area contributed by atoms with Crippen LogP contribution in [0.4, 0.5) is 4.39 Å². The van der Waals surface area contributed by atoms with Crippen LogP contribution >= 0.6 is 0 Å². The van der Waals surface area contributed by atoms with Gasteiger partial charge in [-0.3, -0.25) is 4.79 Å². The largest absolute Gasteiger partial charge is 0.493 e. The summed E-state index contributed by atoms with van der Waals surface area (Å²) >= 11 is 0. The number of methoxy groups -OCH3 is 1. The molecule has 1 amide bonds. The Morgan fingerprint density at radius 1 is 1.42 bits per heavy atom. The van der Waals surface area contributed by atoms with Crippen molar-refractivity contribution >= 4 is 5.91 Å². The van der Waals surface area contributed by atoms with E-state index in [-0.39, 0.29) is 35.6 Å². The van der Waals surface area contributed by atoms with E-state index < -0.39 is 5.82 Å². The number of amides is 1. The SMILES string of the molecule is C#CCOc1c(F)cc(C(=O)N[C@@H](C)C2CCCCC2)cc1OC. The number of carbonyl (C=O) groups excluding carboxylic acids is 1. The zero-order chi connectivity index (χ0) is 17.5. The Kier molecular flexibility index (Phi) is 6.48. The van der Waals surface area contributed by atoms with Crippen LogP contribution in [0.2, 0.25) is 0 Å². The normalized spacial score (nSPS) is 16.1. The van der Waals surface area contributed by atoms with Crippen LogP contribution in [-0.2, 0) is 0 Å². The average Bonchev–Trinajstić information content (AvgIpc) is 2.60. The summed E-state index contributed by atoms with van der Waals surface area (Å²) in [4.78, 5) is 12.4. The van der Waals surface area contributed by atoms with Crippen molar-refractivity contribution < 1.29 is 18.7 Å². The predicted molar refractivity (Wildman–Crippen MR) is 90.8 cm³/mol. The third-order valence-electron chi connectivity index (χ3n) is 4.51. The Balaban J connectivity index is 2.11. The van der Waals surface area contributed by atoms with Crippen molar-refractivity contribution in [3.63, 3.8) is 0 Å². The van der Waals surface area contributed by atoms with Gasteiger partial charge >= 0.3 is 0 Å². The minimum atomic E-state index is -0.667. The smallest absolute Gasteiger partial charge is 0.251 e. The molecule has 0 aromatic heterocycles. The van der Waals surface area contributed by atoms with Crippen molar-refractivity contribution in [2.45, 2.75) is 45.1 Å².